The fourth-order valence-electron chi connectivity index (χ4n) is 3.02. The molecule has 1 amide bonds. The first-order chi connectivity index (χ1) is 9.87. The average Bonchev–Trinajstić information content (AvgIpc) is 2.53. The highest BCUT2D eigenvalue weighted by Gasteiger charge is 2.26. The Morgan fingerprint density at radius 2 is 2.05 bits per heavy atom. The van der Waals surface area contributed by atoms with Crippen LogP contribution in [0.5, 0.6) is 0 Å². The van der Waals surface area contributed by atoms with Crippen molar-refractivity contribution in [1.82, 2.24) is 10.2 Å². The lowest BCUT2D eigenvalue weighted by Gasteiger charge is -2.30. The Morgan fingerprint density at radius 1 is 1.33 bits per heavy atom. The molecule has 1 aromatic carbocycles. The van der Waals surface area contributed by atoms with Gasteiger partial charge in [0.05, 0.1) is 6.04 Å². The van der Waals surface area contributed by atoms with Crippen LogP contribution in [0.3, 0.4) is 0 Å². The molecule has 1 aliphatic rings. The number of hydrogen-bond acceptors (Lipinski definition) is 3. The van der Waals surface area contributed by atoms with E-state index in [1.54, 1.807) is 0 Å². The number of carbonyl (C=O) groups excluding carboxylic acids is 1. The molecule has 4 nitrogen and oxygen atoms in total. The Balaban J connectivity index is 1.95. The van der Waals surface area contributed by atoms with Crippen LogP contribution in [-0.2, 0) is 11.2 Å². The van der Waals surface area contributed by atoms with Gasteiger partial charge in [-0.3, -0.25) is 4.79 Å². The molecule has 0 spiro atoms. The first kappa shape index (κ1) is 16.0. The average molecular weight is 289 g/mol. The van der Waals surface area contributed by atoms with Crippen molar-refractivity contribution in [3.63, 3.8) is 0 Å². The van der Waals surface area contributed by atoms with E-state index in [4.69, 9.17) is 0 Å². The minimum absolute atomic E-state index is 0.0839. The number of aryl methyl sites for hydroxylation is 1. The van der Waals surface area contributed by atoms with Crippen molar-refractivity contribution in [2.45, 2.75) is 32.7 Å². The van der Waals surface area contributed by atoms with Crippen LogP contribution in [0.15, 0.2) is 24.3 Å². The van der Waals surface area contributed by atoms with Gasteiger partial charge in [-0.2, -0.15) is 0 Å². The van der Waals surface area contributed by atoms with Crippen molar-refractivity contribution in [2.24, 2.45) is 5.41 Å². The summed E-state index contributed by atoms with van der Waals surface area (Å²) in [5, 5.41) is 6.49. The molecule has 0 bridgehead atoms. The Bertz CT molecular complexity index is 497. The number of fused-ring (bicyclic) bond motifs is 1. The molecular formula is C17H27N3O. The van der Waals surface area contributed by atoms with Crippen molar-refractivity contribution < 1.29 is 4.79 Å². The van der Waals surface area contributed by atoms with Crippen LogP contribution >= 0.6 is 0 Å². The number of anilines is 1. The van der Waals surface area contributed by atoms with Gasteiger partial charge in [0.15, 0.2) is 0 Å². The number of amides is 1. The summed E-state index contributed by atoms with van der Waals surface area (Å²) < 4.78 is 0. The zero-order valence-electron chi connectivity index (χ0n) is 13.6. The molecule has 0 aromatic heterocycles. The topological polar surface area (TPSA) is 44.4 Å². The largest absolute Gasteiger partial charge is 0.324 e. The van der Waals surface area contributed by atoms with Crippen LogP contribution in [0.1, 0.15) is 25.8 Å². The Kier molecular flexibility index (Phi) is 5.01. The Labute approximate surface area is 127 Å². The van der Waals surface area contributed by atoms with Crippen LogP contribution in [0.4, 0.5) is 5.69 Å². The van der Waals surface area contributed by atoms with Gasteiger partial charge in [0.25, 0.3) is 0 Å². The predicted molar refractivity (Wildman–Crippen MR) is 87.5 cm³/mol. The van der Waals surface area contributed by atoms with Gasteiger partial charge in [-0.25, -0.2) is 0 Å². The molecule has 1 aliphatic heterocycles. The molecule has 1 aromatic rings. The first-order valence-electron chi connectivity index (χ1n) is 7.64. The van der Waals surface area contributed by atoms with Crippen LogP contribution < -0.4 is 10.6 Å². The molecule has 0 saturated heterocycles. The summed E-state index contributed by atoms with van der Waals surface area (Å²) in [5.74, 6) is 0.0839. The highest BCUT2D eigenvalue weighted by molar-refractivity contribution is 5.96. The molecule has 4 heteroatoms. The van der Waals surface area contributed by atoms with Crippen LogP contribution in [-0.4, -0.2) is 44.0 Å². The summed E-state index contributed by atoms with van der Waals surface area (Å²) in [4.78, 5) is 14.5. The lowest BCUT2D eigenvalue weighted by atomic mass is 9.92. The molecule has 0 fully saturated rings. The number of benzene rings is 1. The minimum atomic E-state index is -0.112. The zero-order chi connectivity index (χ0) is 15.5. The van der Waals surface area contributed by atoms with Gasteiger partial charge in [0, 0.05) is 18.8 Å². The van der Waals surface area contributed by atoms with Gasteiger partial charge in [0.2, 0.25) is 5.91 Å². The predicted octanol–water partition coefficient (Wildman–Crippen LogP) is 2.12. The molecule has 1 atom stereocenters. The summed E-state index contributed by atoms with van der Waals surface area (Å²) in [7, 11) is 4.16. The number of rotatable bonds is 5. The van der Waals surface area contributed by atoms with E-state index in [1.807, 2.05) is 18.2 Å². The number of nitrogens with one attached hydrogen (secondary N) is 2. The van der Waals surface area contributed by atoms with E-state index >= 15 is 0 Å². The SMILES string of the molecule is CN(C)CC(C)(C)CNC1CCc2ccccc2NC1=O. The van der Waals surface area contributed by atoms with E-state index in [0.29, 0.717) is 0 Å². The number of carbonyl (C=O) groups is 1. The van der Waals surface area contributed by atoms with Crippen molar-refractivity contribution in [3.05, 3.63) is 29.8 Å². The van der Waals surface area contributed by atoms with E-state index in [2.05, 4.69) is 49.5 Å². The van der Waals surface area contributed by atoms with Gasteiger partial charge >= 0.3 is 0 Å². The summed E-state index contributed by atoms with van der Waals surface area (Å²) in [6.07, 6.45) is 1.78. The minimum Gasteiger partial charge on any atom is -0.324 e. The van der Waals surface area contributed by atoms with E-state index in [-0.39, 0.29) is 17.4 Å². The standard InChI is InChI=1S/C17H27N3O/c1-17(2,12-20(3)4)11-18-15-10-9-13-7-5-6-8-14(13)19-16(15)21/h5-8,15,18H,9-12H2,1-4H3,(H,19,21). The number of hydrogen-bond donors (Lipinski definition) is 2. The van der Waals surface area contributed by atoms with Crippen LogP contribution in [0, 0.1) is 5.41 Å². The molecule has 1 unspecified atom stereocenters. The number of nitrogens with zero attached hydrogens (tertiary/aromatic N) is 1. The third-order valence-corrected chi connectivity index (χ3v) is 3.87. The van der Waals surface area contributed by atoms with Crippen LogP contribution in [0.2, 0.25) is 0 Å². The fourth-order valence-corrected chi connectivity index (χ4v) is 3.02. The second-order valence-corrected chi connectivity index (χ2v) is 7.02. The second kappa shape index (κ2) is 6.58. The Hall–Kier alpha value is -1.39. The fraction of sp³-hybridized carbons (Fsp3) is 0.588. The molecule has 2 N–H and O–H groups in total. The highest BCUT2D eigenvalue weighted by atomic mass is 16.2. The van der Waals surface area contributed by atoms with Gasteiger partial charge in [0.1, 0.15) is 0 Å². The summed E-state index contributed by atoms with van der Waals surface area (Å²) in [6, 6.07) is 7.95. The molecule has 1 heterocycles. The second-order valence-electron chi connectivity index (χ2n) is 7.02. The third kappa shape index (κ3) is 4.55. The molecule has 2 rings (SSSR count). The van der Waals surface area contributed by atoms with E-state index < -0.39 is 0 Å². The summed E-state index contributed by atoms with van der Waals surface area (Å²) in [6.45, 7) is 6.28. The van der Waals surface area contributed by atoms with E-state index in [0.717, 1.165) is 31.6 Å². The molecular weight excluding hydrogens is 262 g/mol. The van der Waals surface area contributed by atoms with Crippen molar-refractivity contribution in [1.29, 1.82) is 0 Å². The first-order valence-corrected chi connectivity index (χ1v) is 7.64. The van der Waals surface area contributed by atoms with Crippen LogP contribution in [0.25, 0.3) is 0 Å². The molecule has 116 valence electrons. The summed E-state index contributed by atoms with van der Waals surface area (Å²) >= 11 is 0. The maximum Gasteiger partial charge on any atom is 0.241 e. The van der Waals surface area contributed by atoms with Crippen molar-refractivity contribution in [2.75, 3.05) is 32.5 Å². The zero-order valence-corrected chi connectivity index (χ0v) is 13.6. The smallest absolute Gasteiger partial charge is 0.241 e. The van der Waals surface area contributed by atoms with E-state index in [1.165, 1.54) is 5.56 Å². The normalized spacial score (nSPS) is 19.1. The van der Waals surface area contributed by atoms with Gasteiger partial charge < -0.3 is 15.5 Å². The van der Waals surface area contributed by atoms with Gasteiger partial charge in [-0.05, 0) is 44.0 Å². The lowest BCUT2D eigenvalue weighted by Crippen LogP contribution is -2.46. The molecule has 0 aliphatic carbocycles. The summed E-state index contributed by atoms with van der Waals surface area (Å²) in [5.41, 5.74) is 2.32. The molecule has 0 radical (unpaired) electrons. The number of para-hydroxylation sites is 1. The van der Waals surface area contributed by atoms with Gasteiger partial charge in [-0.15, -0.1) is 0 Å². The molecule has 21 heavy (non-hydrogen) atoms. The maximum atomic E-state index is 12.3. The monoisotopic (exact) mass is 289 g/mol. The highest BCUT2D eigenvalue weighted by Crippen LogP contribution is 2.22. The van der Waals surface area contributed by atoms with E-state index in [9.17, 15) is 4.79 Å². The quantitative estimate of drug-likeness (QED) is 0.872. The molecule has 0 saturated carbocycles. The third-order valence-electron chi connectivity index (χ3n) is 3.87. The van der Waals surface area contributed by atoms with Crippen molar-refractivity contribution in [3.8, 4) is 0 Å². The Morgan fingerprint density at radius 3 is 2.76 bits per heavy atom. The lowest BCUT2D eigenvalue weighted by molar-refractivity contribution is -0.118. The maximum absolute atomic E-state index is 12.3. The van der Waals surface area contributed by atoms with Crippen molar-refractivity contribution >= 4 is 11.6 Å². The van der Waals surface area contributed by atoms with Gasteiger partial charge in [-0.1, -0.05) is 32.0 Å².